The van der Waals surface area contributed by atoms with Crippen LogP contribution < -0.4 is 5.32 Å². The molecule has 0 unspecified atom stereocenters. The summed E-state index contributed by atoms with van der Waals surface area (Å²) >= 11 is 0. The number of hydrogen-bond donors (Lipinski definition) is 1. The van der Waals surface area contributed by atoms with Gasteiger partial charge in [-0.15, -0.1) is 0 Å². The second-order valence-corrected chi connectivity index (χ2v) is 5.58. The van der Waals surface area contributed by atoms with Crippen LogP contribution in [0.15, 0.2) is 48.5 Å². The van der Waals surface area contributed by atoms with Gasteiger partial charge in [0.05, 0.1) is 11.3 Å². The van der Waals surface area contributed by atoms with Crippen molar-refractivity contribution in [2.75, 3.05) is 5.32 Å². The first kappa shape index (κ1) is 12.7. The van der Waals surface area contributed by atoms with Crippen LogP contribution in [0.25, 0.3) is 0 Å². The van der Waals surface area contributed by atoms with Crippen LogP contribution in [-0.4, -0.2) is 6.04 Å². The van der Waals surface area contributed by atoms with Crippen molar-refractivity contribution in [3.05, 3.63) is 65.2 Å². The quantitative estimate of drug-likeness (QED) is 0.898. The number of nitriles is 1. The molecule has 2 nitrogen and oxygen atoms in total. The predicted molar refractivity (Wildman–Crippen MR) is 81.7 cm³/mol. The van der Waals surface area contributed by atoms with E-state index in [4.69, 9.17) is 5.26 Å². The van der Waals surface area contributed by atoms with Gasteiger partial charge >= 0.3 is 0 Å². The Labute approximate surface area is 120 Å². The molecule has 2 aromatic carbocycles. The molecule has 0 heterocycles. The molecule has 0 spiro atoms. The number of para-hydroxylation sites is 1. The van der Waals surface area contributed by atoms with Gasteiger partial charge < -0.3 is 5.32 Å². The fourth-order valence-electron chi connectivity index (χ4n) is 2.77. The van der Waals surface area contributed by atoms with Crippen molar-refractivity contribution in [2.24, 2.45) is 0 Å². The molecule has 0 aliphatic heterocycles. The highest BCUT2D eigenvalue weighted by molar-refractivity contribution is 5.58. The van der Waals surface area contributed by atoms with Gasteiger partial charge in [0.25, 0.3) is 0 Å². The summed E-state index contributed by atoms with van der Waals surface area (Å²) in [5, 5.41) is 12.6. The van der Waals surface area contributed by atoms with E-state index in [0.29, 0.717) is 12.0 Å². The van der Waals surface area contributed by atoms with Crippen molar-refractivity contribution in [3.63, 3.8) is 0 Å². The molecule has 0 bridgehead atoms. The molecular formula is C18H18N2. The van der Waals surface area contributed by atoms with Gasteiger partial charge in [-0.1, -0.05) is 42.0 Å². The van der Waals surface area contributed by atoms with Gasteiger partial charge in [0.15, 0.2) is 0 Å². The van der Waals surface area contributed by atoms with Crippen LogP contribution >= 0.6 is 0 Å². The zero-order valence-electron chi connectivity index (χ0n) is 11.6. The average molecular weight is 262 g/mol. The standard InChI is InChI=1S/C18H18N2/c1-13-6-8-14(9-7-13)16-10-17(11-16)20-18-5-3-2-4-15(18)12-19/h2-9,16-17,20H,10-11H2,1H3. The topological polar surface area (TPSA) is 35.8 Å². The maximum absolute atomic E-state index is 9.09. The lowest BCUT2D eigenvalue weighted by Crippen LogP contribution is -2.34. The first-order valence-corrected chi connectivity index (χ1v) is 7.08. The van der Waals surface area contributed by atoms with Gasteiger partial charge in [0.1, 0.15) is 6.07 Å². The second kappa shape index (κ2) is 5.38. The highest BCUT2D eigenvalue weighted by Crippen LogP contribution is 2.38. The third kappa shape index (κ3) is 2.53. The number of anilines is 1. The Kier molecular flexibility index (Phi) is 3.43. The molecule has 0 aromatic heterocycles. The molecule has 1 aliphatic carbocycles. The van der Waals surface area contributed by atoms with Gasteiger partial charge in [-0.2, -0.15) is 5.26 Å². The van der Waals surface area contributed by atoms with Crippen LogP contribution in [0.5, 0.6) is 0 Å². The van der Waals surface area contributed by atoms with E-state index in [1.54, 1.807) is 0 Å². The molecule has 0 amide bonds. The summed E-state index contributed by atoms with van der Waals surface area (Å²) in [4.78, 5) is 0. The van der Waals surface area contributed by atoms with Crippen LogP contribution in [0, 0.1) is 18.3 Å². The number of rotatable bonds is 3. The third-order valence-corrected chi connectivity index (χ3v) is 4.09. The largest absolute Gasteiger partial charge is 0.381 e. The highest BCUT2D eigenvalue weighted by Gasteiger charge is 2.30. The Bertz CT molecular complexity index is 631. The van der Waals surface area contributed by atoms with Crippen molar-refractivity contribution >= 4 is 5.69 Å². The smallest absolute Gasteiger partial charge is 0.101 e. The fourth-order valence-corrected chi connectivity index (χ4v) is 2.77. The van der Waals surface area contributed by atoms with Gasteiger partial charge in [-0.25, -0.2) is 0 Å². The normalized spacial score (nSPS) is 20.8. The number of nitrogens with zero attached hydrogens (tertiary/aromatic N) is 1. The average Bonchev–Trinajstić information content (AvgIpc) is 2.44. The van der Waals surface area contributed by atoms with E-state index in [2.05, 4.69) is 42.6 Å². The van der Waals surface area contributed by atoms with Crippen molar-refractivity contribution in [1.82, 2.24) is 0 Å². The summed E-state index contributed by atoms with van der Waals surface area (Å²) < 4.78 is 0. The molecule has 1 saturated carbocycles. The number of nitrogens with one attached hydrogen (secondary N) is 1. The Morgan fingerprint density at radius 3 is 2.45 bits per heavy atom. The van der Waals surface area contributed by atoms with E-state index in [1.807, 2.05) is 24.3 Å². The lowest BCUT2D eigenvalue weighted by molar-refractivity contribution is 0.374. The molecule has 1 aliphatic rings. The molecule has 100 valence electrons. The molecular weight excluding hydrogens is 244 g/mol. The Morgan fingerprint density at radius 2 is 1.75 bits per heavy atom. The van der Waals surface area contributed by atoms with E-state index >= 15 is 0 Å². The van der Waals surface area contributed by atoms with Crippen molar-refractivity contribution in [1.29, 1.82) is 5.26 Å². The molecule has 1 fully saturated rings. The summed E-state index contributed by atoms with van der Waals surface area (Å²) in [7, 11) is 0. The van der Waals surface area contributed by atoms with Crippen molar-refractivity contribution in [2.45, 2.75) is 31.7 Å². The van der Waals surface area contributed by atoms with Crippen LogP contribution in [-0.2, 0) is 0 Å². The van der Waals surface area contributed by atoms with Crippen LogP contribution in [0.2, 0.25) is 0 Å². The van der Waals surface area contributed by atoms with Gasteiger partial charge in [0.2, 0.25) is 0 Å². The Balaban J connectivity index is 1.61. The summed E-state index contributed by atoms with van der Waals surface area (Å²) in [5.74, 6) is 0.655. The molecule has 2 heteroatoms. The highest BCUT2D eigenvalue weighted by atomic mass is 14.9. The molecule has 1 N–H and O–H groups in total. The van der Waals surface area contributed by atoms with E-state index in [1.165, 1.54) is 11.1 Å². The van der Waals surface area contributed by atoms with Crippen molar-refractivity contribution in [3.8, 4) is 6.07 Å². The first-order chi connectivity index (χ1) is 9.76. The lowest BCUT2D eigenvalue weighted by Gasteiger charge is -2.37. The molecule has 0 radical (unpaired) electrons. The van der Waals surface area contributed by atoms with Gasteiger partial charge in [0, 0.05) is 6.04 Å². The SMILES string of the molecule is Cc1ccc(C2CC(Nc3ccccc3C#N)C2)cc1. The van der Waals surface area contributed by atoms with Gasteiger partial charge in [-0.05, 0) is 43.4 Å². The summed E-state index contributed by atoms with van der Waals surface area (Å²) in [6.07, 6.45) is 2.28. The molecule has 2 aromatic rings. The molecule has 0 saturated heterocycles. The minimum atomic E-state index is 0.482. The number of hydrogen-bond acceptors (Lipinski definition) is 2. The fraction of sp³-hybridized carbons (Fsp3) is 0.278. The second-order valence-electron chi connectivity index (χ2n) is 5.58. The van der Waals surface area contributed by atoms with Crippen LogP contribution in [0.3, 0.4) is 0 Å². The maximum atomic E-state index is 9.09. The predicted octanol–water partition coefficient (Wildman–Crippen LogP) is 4.22. The molecule has 3 rings (SSSR count). The summed E-state index contributed by atoms with van der Waals surface area (Å²) in [5.41, 5.74) is 4.43. The zero-order chi connectivity index (χ0) is 13.9. The number of aryl methyl sites for hydroxylation is 1. The molecule has 0 atom stereocenters. The van der Waals surface area contributed by atoms with Gasteiger partial charge in [-0.3, -0.25) is 0 Å². The summed E-state index contributed by atoms with van der Waals surface area (Å²) in [6, 6.07) is 19.3. The Morgan fingerprint density at radius 1 is 1.05 bits per heavy atom. The van der Waals surface area contributed by atoms with E-state index in [9.17, 15) is 0 Å². The maximum Gasteiger partial charge on any atom is 0.101 e. The minimum Gasteiger partial charge on any atom is -0.381 e. The number of benzene rings is 2. The van der Waals surface area contributed by atoms with E-state index in [-0.39, 0.29) is 0 Å². The molecule has 20 heavy (non-hydrogen) atoms. The summed E-state index contributed by atoms with van der Waals surface area (Å²) in [6.45, 7) is 2.12. The lowest BCUT2D eigenvalue weighted by atomic mass is 9.75. The Hall–Kier alpha value is -2.27. The first-order valence-electron chi connectivity index (χ1n) is 7.08. The van der Waals surface area contributed by atoms with Crippen LogP contribution in [0.1, 0.15) is 35.4 Å². The zero-order valence-corrected chi connectivity index (χ0v) is 11.6. The third-order valence-electron chi connectivity index (χ3n) is 4.09. The van der Waals surface area contributed by atoms with Crippen LogP contribution in [0.4, 0.5) is 5.69 Å². The van der Waals surface area contributed by atoms with E-state index in [0.717, 1.165) is 24.1 Å². The monoisotopic (exact) mass is 262 g/mol. The minimum absolute atomic E-state index is 0.482. The van der Waals surface area contributed by atoms with E-state index < -0.39 is 0 Å². The van der Waals surface area contributed by atoms with Crippen molar-refractivity contribution < 1.29 is 0 Å².